The van der Waals surface area contributed by atoms with Crippen LogP contribution in [0.4, 0.5) is 0 Å². The molecule has 1 atom stereocenters. The molecule has 0 saturated carbocycles. The molecule has 0 aromatic carbocycles. The number of hydrogen-bond donors (Lipinski definition) is 2. The minimum Gasteiger partial charge on any atom is -0.468 e. The summed E-state index contributed by atoms with van der Waals surface area (Å²) in [6, 6.07) is -0.459. The first-order chi connectivity index (χ1) is 6.97. The molecule has 0 heterocycles. The summed E-state index contributed by atoms with van der Waals surface area (Å²) in [6.07, 6.45) is 0. The zero-order chi connectivity index (χ0) is 11.8. The van der Waals surface area contributed by atoms with Crippen molar-refractivity contribution in [3.8, 4) is 0 Å². The molecule has 0 fully saturated rings. The lowest BCUT2D eigenvalue weighted by Crippen LogP contribution is -2.42. The number of amides is 1. The molecule has 1 amide bonds. The second-order valence-electron chi connectivity index (χ2n) is 3.82. The van der Waals surface area contributed by atoms with Crippen LogP contribution in [0.15, 0.2) is 0 Å². The molecule has 88 valence electrons. The molecule has 0 radical (unpaired) electrons. The normalized spacial score (nSPS) is 12.3. The molecule has 0 aliphatic rings. The first-order valence-electron chi connectivity index (χ1n) is 5.05. The first kappa shape index (κ1) is 13.9. The van der Waals surface area contributed by atoms with E-state index >= 15 is 0 Å². The highest BCUT2D eigenvalue weighted by Gasteiger charge is 2.13. The van der Waals surface area contributed by atoms with Crippen LogP contribution < -0.4 is 10.6 Å². The van der Waals surface area contributed by atoms with E-state index in [2.05, 4.69) is 15.4 Å². The Morgan fingerprint density at radius 3 is 2.33 bits per heavy atom. The Morgan fingerprint density at radius 1 is 1.27 bits per heavy atom. The van der Waals surface area contributed by atoms with Crippen LogP contribution in [0.5, 0.6) is 0 Å². The number of carbonyl (C=O) groups excluding carboxylic acids is 2. The predicted molar refractivity (Wildman–Crippen MR) is 57.3 cm³/mol. The van der Waals surface area contributed by atoms with E-state index in [1.54, 1.807) is 6.92 Å². The third kappa shape index (κ3) is 6.90. The Balaban J connectivity index is 3.66. The average molecular weight is 216 g/mol. The fourth-order valence-electron chi connectivity index (χ4n) is 0.886. The van der Waals surface area contributed by atoms with Gasteiger partial charge in [0, 0.05) is 6.54 Å². The number of nitrogens with one attached hydrogen (secondary N) is 2. The summed E-state index contributed by atoms with van der Waals surface area (Å²) in [4.78, 5) is 22.2. The van der Waals surface area contributed by atoms with Crippen molar-refractivity contribution in [3.05, 3.63) is 0 Å². The molecule has 0 rings (SSSR count). The maximum atomic E-state index is 11.2. The SMILES string of the molecule is COC(=O)C(C)NCC(=O)NCC(C)C. The third-order valence-corrected chi connectivity index (χ3v) is 1.83. The van der Waals surface area contributed by atoms with Gasteiger partial charge in [0.25, 0.3) is 0 Å². The number of esters is 1. The van der Waals surface area contributed by atoms with Gasteiger partial charge in [-0.1, -0.05) is 13.8 Å². The molecule has 5 nitrogen and oxygen atoms in total. The van der Waals surface area contributed by atoms with E-state index in [1.165, 1.54) is 7.11 Å². The highest BCUT2D eigenvalue weighted by molar-refractivity contribution is 5.80. The lowest BCUT2D eigenvalue weighted by Gasteiger charge is -2.12. The van der Waals surface area contributed by atoms with Crippen molar-refractivity contribution < 1.29 is 14.3 Å². The number of methoxy groups -OCH3 is 1. The molecule has 0 aliphatic heterocycles. The molecule has 0 aromatic rings. The molecule has 0 bridgehead atoms. The molecule has 5 heteroatoms. The Hall–Kier alpha value is -1.10. The van der Waals surface area contributed by atoms with Crippen molar-refractivity contribution in [2.45, 2.75) is 26.8 Å². The van der Waals surface area contributed by atoms with Gasteiger partial charge < -0.3 is 10.1 Å². The van der Waals surface area contributed by atoms with Crippen LogP contribution in [0.2, 0.25) is 0 Å². The molecule has 2 N–H and O–H groups in total. The van der Waals surface area contributed by atoms with E-state index in [4.69, 9.17) is 0 Å². The van der Waals surface area contributed by atoms with Crippen LogP contribution in [0.3, 0.4) is 0 Å². The van der Waals surface area contributed by atoms with Crippen LogP contribution in [0.25, 0.3) is 0 Å². The summed E-state index contributed by atoms with van der Waals surface area (Å²) in [5.41, 5.74) is 0. The van der Waals surface area contributed by atoms with E-state index in [-0.39, 0.29) is 18.4 Å². The van der Waals surface area contributed by atoms with Crippen molar-refractivity contribution in [2.24, 2.45) is 5.92 Å². The van der Waals surface area contributed by atoms with Gasteiger partial charge in [0.05, 0.1) is 13.7 Å². The summed E-state index contributed by atoms with van der Waals surface area (Å²) in [6.45, 7) is 6.47. The quantitative estimate of drug-likeness (QED) is 0.609. The van der Waals surface area contributed by atoms with Crippen molar-refractivity contribution in [1.82, 2.24) is 10.6 Å². The Labute approximate surface area is 90.6 Å². The summed E-state index contributed by atoms with van der Waals surface area (Å²) < 4.78 is 4.51. The summed E-state index contributed by atoms with van der Waals surface area (Å²) in [5, 5.41) is 5.51. The molecule has 0 spiro atoms. The predicted octanol–water partition coefficient (Wildman–Crippen LogP) is -0.0903. The molecule has 1 unspecified atom stereocenters. The lowest BCUT2D eigenvalue weighted by atomic mass is 10.2. The van der Waals surface area contributed by atoms with Crippen molar-refractivity contribution in [2.75, 3.05) is 20.2 Å². The van der Waals surface area contributed by atoms with E-state index < -0.39 is 6.04 Å². The van der Waals surface area contributed by atoms with Gasteiger partial charge in [0.1, 0.15) is 6.04 Å². The van der Waals surface area contributed by atoms with Gasteiger partial charge in [0.2, 0.25) is 5.91 Å². The fourth-order valence-corrected chi connectivity index (χ4v) is 0.886. The first-order valence-corrected chi connectivity index (χ1v) is 5.05. The van der Waals surface area contributed by atoms with Gasteiger partial charge in [0.15, 0.2) is 0 Å². The van der Waals surface area contributed by atoms with E-state index in [9.17, 15) is 9.59 Å². The number of rotatable bonds is 6. The Kier molecular flexibility index (Phi) is 6.70. The molecule has 0 aliphatic carbocycles. The Bertz CT molecular complexity index is 217. The second-order valence-corrected chi connectivity index (χ2v) is 3.82. The topological polar surface area (TPSA) is 67.4 Å². The van der Waals surface area contributed by atoms with Gasteiger partial charge >= 0.3 is 5.97 Å². The number of ether oxygens (including phenoxy) is 1. The number of hydrogen-bond acceptors (Lipinski definition) is 4. The molecule has 0 aromatic heterocycles. The van der Waals surface area contributed by atoms with Crippen molar-refractivity contribution in [1.29, 1.82) is 0 Å². The molecule has 15 heavy (non-hydrogen) atoms. The van der Waals surface area contributed by atoms with E-state index in [0.717, 1.165) is 0 Å². The Morgan fingerprint density at radius 2 is 1.87 bits per heavy atom. The molecule has 0 saturated heterocycles. The minimum absolute atomic E-state index is 0.112. The van der Waals surface area contributed by atoms with Gasteiger partial charge in [-0.3, -0.25) is 14.9 Å². The van der Waals surface area contributed by atoms with Crippen LogP contribution in [-0.2, 0) is 14.3 Å². The van der Waals surface area contributed by atoms with E-state index in [0.29, 0.717) is 12.5 Å². The van der Waals surface area contributed by atoms with Gasteiger partial charge in [-0.25, -0.2) is 0 Å². The van der Waals surface area contributed by atoms with Crippen molar-refractivity contribution in [3.63, 3.8) is 0 Å². The maximum absolute atomic E-state index is 11.2. The zero-order valence-corrected chi connectivity index (χ0v) is 9.79. The highest BCUT2D eigenvalue weighted by atomic mass is 16.5. The fraction of sp³-hybridized carbons (Fsp3) is 0.800. The van der Waals surface area contributed by atoms with E-state index in [1.807, 2.05) is 13.8 Å². The van der Waals surface area contributed by atoms with Gasteiger partial charge in [-0.2, -0.15) is 0 Å². The maximum Gasteiger partial charge on any atom is 0.322 e. The summed E-state index contributed by atoms with van der Waals surface area (Å²) in [5.74, 6) is -0.0573. The monoisotopic (exact) mass is 216 g/mol. The third-order valence-electron chi connectivity index (χ3n) is 1.83. The number of carbonyl (C=O) groups is 2. The van der Waals surface area contributed by atoms with Crippen LogP contribution in [-0.4, -0.2) is 38.1 Å². The van der Waals surface area contributed by atoms with Gasteiger partial charge in [-0.05, 0) is 12.8 Å². The molecular formula is C10H20N2O3. The second kappa shape index (κ2) is 7.23. The smallest absolute Gasteiger partial charge is 0.322 e. The highest BCUT2D eigenvalue weighted by Crippen LogP contribution is 1.87. The summed E-state index contributed by atoms with van der Waals surface area (Å²) in [7, 11) is 1.32. The van der Waals surface area contributed by atoms with Crippen LogP contribution in [0.1, 0.15) is 20.8 Å². The largest absolute Gasteiger partial charge is 0.468 e. The minimum atomic E-state index is -0.459. The van der Waals surface area contributed by atoms with Crippen LogP contribution in [0, 0.1) is 5.92 Å². The standard InChI is InChI=1S/C10H20N2O3/c1-7(2)5-12-9(13)6-11-8(3)10(14)15-4/h7-8,11H,5-6H2,1-4H3,(H,12,13). The summed E-state index contributed by atoms with van der Waals surface area (Å²) >= 11 is 0. The van der Waals surface area contributed by atoms with Gasteiger partial charge in [-0.15, -0.1) is 0 Å². The lowest BCUT2D eigenvalue weighted by molar-refractivity contribution is -0.142. The average Bonchev–Trinajstić information content (AvgIpc) is 2.21. The zero-order valence-electron chi connectivity index (χ0n) is 9.79. The van der Waals surface area contributed by atoms with Crippen LogP contribution >= 0.6 is 0 Å². The van der Waals surface area contributed by atoms with Crippen molar-refractivity contribution >= 4 is 11.9 Å². The molecular weight excluding hydrogens is 196 g/mol.